The van der Waals surface area contributed by atoms with Crippen molar-refractivity contribution in [3.8, 4) is 16.9 Å². The van der Waals surface area contributed by atoms with Crippen LogP contribution in [0.1, 0.15) is 22.8 Å². The van der Waals surface area contributed by atoms with E-state index in [4.69, 9.17) is 11.6 Å². The van der Waals surface area contributed by atoms with Gasteiger partial charge in [-0.05, 0) is 64.9 Å². The van der Waals surface area contributed by atoms with E-state index in [-0.39, 0.29) is 17.9 Å². The lowest BCUT2D eigenvalue weighted by molar-refractivity contribution is -0.114. The Morgan fingerprint density at radius 1 is 1.00 bits per heavy atom. The van der Waals surface area contributed by atoms with Gasteiger partial charge in [-0.15, -0.1) is 10.2 Å². The van der Waals surface area contributed by atoms with Crippen molar-refractivity contribution >= 4 is 29.1 Å². The lowest BCUT2D eigenvalue weighted by atomic mass is 10.0. The van der Waals surface area contributed by atoms with E-state index in [0.29, 0.717) is 46.2 Å². The molecule has 1 atom stereocenters. The Balaban J connectivity index is 1.37. The largest absolute Gasteiger partial charge is 0.347 e. The number of nitrogens with one attached hydrogen (secondary N) is 2. The highest BCUT2D eigenvalue weighted by molar-refractivity contribution is 6.31. The number of benzene rings is 3. The number of nitrogens with zero attached hydrogens (tertiary/aromatic N) is 7. The van der Waals surface area contributed by atoms with Gasteiger partial charge in [0.15, 0.2) is 0 Å². The maximum absolute atomic E-state index is 13.1. The van der Waals surface area contributed by atoms with Crippen LogP contribution in [0.25, 0.3) is 16.9 Å². The molecule has 0 aliphatic rings. The van der Waals surface area contributed by atoms with Crippen LogP contribution in [-0.4, -0.2) is 53.1 Å². The van der Waals surface area contributed by atoms with E-state index in [1.807, 2.05) is 36.4 Å². The number of carbonyl (C=O) groups is 2. The molecule has 0 fully saturated rings. The van der Waals surface area contributed by atoms with Crippen LogP contribution in [0.5, 0.6) is 0 Å². The fraction of sp³-hybridized carbons (Fsp3) is 0.148. The number of rotatable bonds is 9. The van der Waals surface area contributed by atoms with E-state index in [0.717, 1.165) is 5.56 Å². The van der Waals surface area contributed by atoms with Gasteiger partial charge in [0.1, 0.15) is 12.0 Å². The van der Waals surface area contributed by atoms with Crippen LogP contribution in [0.15, 0.2) is 85.3 Å². The summed E-state index contributed by atoms with van der Waals surface area (Å²) in [6.07, 6.45) is 3.87. The molecule has 5 aromatic rings. The SMILES string of the molecule is CC(=O)Nc1ccc(C(=O)NC(Cc2ccccc2)Cn2cc(-c3cc(Cl)ccc3-n3cnnn3)nn2)cc1. The van der Waals surface area contributed by atoms with Crippen LogP contribution in [0.3, 0.4) is 0 Å². The summed E-state index contributed by atoms with van der Waals surface area (Å²) in [5.41, 5.74) is 4.17. The zero-order valence-corrected chi connectivity index (χ0v) is 21.7. The second-order valence-electron chi connectivity index (χ2n) is 8.86. The number of hydrogen-bond acceptors (Lipinski definition) is 7. The summed E-state index contributed by atoms with van der Waals surface area (Å²) in [4.78, 5) is 24.4. The highest BCUT2D eigenvalue weighted by Crippen LogP contribution is 2.27. The first-order valence-corrected chi connectivity index (χ1v) is 12.5. The Kier molecular flexibility index (Phi) is 7.69. The van der Waals surface area contributed by atoms with Crippen molar-refractivity contribution < 1.29 is 9.59 Å². The molecular weight excluding hydrogens is 518 g/mol. The maximum Gasteiger partial charge on any atom is 0.251 e. The highest BCUT2D eigenvalue weighted by Gasteiger charge is 2.18. The first-order chi connectivity index (χ1) is 18.9. The molecule has 3 aromatic carbocycles. The molecule has 11 nitrogen and oxygen atoms in total. The van der Waals surface area contributed by atoms with Gasteiger partial charge < -0.3 is 10.6 Å². The standard InChI is InChI=1S/C27H24ClN9O2/c1-18(38)30-22-10-7-20(8-11-22)27(39)31-23(13-19-5-3-2-4-6-19)15-36-16-25(32-34-36)24-14-21(28)9-12-26(24)37-17-29-33-35-37/h2-12,14,16-17,23H,13,15H2,1H3,(H,30,38)(H,31,39). The third-order valence-corrected chi connectivity index (χ3v) is 6.14. The number of tetrazole rings is 1. The molecule has 0 saturated heterocycles. The molecule has 196 valence electrons. The molecule has 0 radical (unpaired) electrons. The Morgan fingerprint density at radius 3 is 2.51 bits per heavy atom. The Hall–Kier alpha value is -4.90. The summed E-state index contributed by atoms with van der Waals surface area (Å²) in [5.74, 6) is -0.411. The summed E-state index contributed by atoms with van der Waals surface area (Å²) in [6.45, 7) is 1.81. The van der Waals surface area contributed by atoms with E-state index in [2.05, 4.69) is 36.5 Å². The smallest absolute Gasteiger partial charge is 0.251 e. The second-order valence-corrected chi connectivity index (χ2v) is 9.30. The monoisotopic (exact) mass is 541 g/mol. The predicted molar refractivity (Wildman–Crippen MR) is 145 cm³/mol. The van der Waals surface area contributed by atoms with E-state index in [1.54, 1.807) is 47.3 Å². The third-order valence-electron chi connectivity index (χ3n) is 5.90. The van der Waals surface area contributed by atoms with E-state index in [9.17, 15) is 9.59 Å². The number of hydrogen-bond donors (Lipinski definition) is 2. The average molecular weight is 542 g/mol. The van der Waals surface area contributed by atoms with E-state index >= 15 is 0 Å². The molecule has 1 unspecified atom stereocenters. The molecule has 12 heteroatoms. The molecule has 2 aromatic heterocycles. The minimum atomic E-state index is -0.289. The van der Waals surface area contributed by atoms with Gasteiger partial charge in [0.05, 0.1) is 24.5 Å². The lowest BCUT2D eigenvalue weighted by Gasteiger charge is -2.19. The van der Waals surface area contributed by atoms with Crippen LogP contribution in [0.4, 0.5) is 5.69 Å². The van der Waals surface area contributed by atoms with Crippen molar-refractivity contribution in [1.29, 1.82) is 0 Å². The Labute approximate surface area is 228 Å². The molecule has 0 bridgehead atoms. The van der Waals surface area contributed by atoms with Gasteiger partial charge in [-0.25, -0.2) is 4.68 Å². The zero-order valence-electron chi connectivity index (χ0n) is 20.9. The number of anilines is 1. The van der Waals surface area contributed by atoms with Crippen molar-refractivity contribution in [1.82, 2.24) is 40.5 Å². The van der Waals surface area contributed by atoms with Crippen molar-refractivity contribution in [2.45, 2.75) is 25.9 Å². The minimum absolute atomic E-state index is 0.176. The fourth-order valence-corrected chi connectivity index (χ4v) is 4.33. The minimum Gasteiger partial charge on any atom is -0.347 e. The van der Waals surface area contributed by atoms with Crippen LogP contribution >= 0.6 is 11.6 Å². The zero-order chi connectivity index (χ0) is 27.2. The molecule has 2 heterocycles. The maximum atomic E-state index is 13.1. The fourth-order valence-electron chi connectivity index (χ4n) is 4.16. The van der Waals surface area contributed by atoms with Gasteiger partial charge in [-0.3, -0.25) is 9.59 Å². The van der Waals surface area contributed by atoms with Gasteiger partial charge in [0, 0.05) is 28.8 Å². The van der Waals surface area contributed by atoms with Crippen molar-refractivity contribution in [3.05, 3.63) is 101 Å². The van der Waals surface area contributed by atoms with Gasteiger partial charge in [0.2, 0.25) is 5.91 Å². The first kappa shape index (κ1) is 25.7. The van der Waals surface area contributed by atoms with E-state index < -0.39 is 0 Å². The average Bonchev–Trinajstić information content (AvgIpc) is 3.62. The van der Waals surface area contributed by atoms with Crippen molar-refractivity contribution in [2.24, 2.45) is 0 Å². The summed E-state index contributed by atoms with van der Waals surface area (Å²) < 4.78 is 3.22. The van der Waals surface area contributed by atoms with Crippen LogP contribution in [-0.2, 0) is 17.8 Å². The predicted octanol–water partition coefficient (Wildman–Crippen LogP) is 3.57. The summed E-state index contributed by atoms with van der Waals surface area (Å²) in [7, 11) is 0. The second kappa shape index (κ2) is 11.7. The highest BCUT2D eigenvalue weighted by atomic mass is 35.5. The normalized spacial score (nSPS) is 11.6. The van der Waals surface area contributed by atoms with Crippen LogP contribution in [0.2, 0.25) is 5.02 Å². The Bertz CT molecular complexity index is 1570. The summed E-state index contributed by atoms with van der Waals surface area (Å²) >= 11 is 6.28. The van der Waals surface area contributed by atoms with Crippen LogP contribution in [0, 0.1) is 0 Å². The summed E-state index contributed by atoms with van der Waals surface area (Å²) in [6, 6.07) is 21.7. The topological polar surface area (TPSA) is 133 Å². The van der Waals surface area contributed by atoms with Gasteiger partial charge in [-0.2, -0.15) is 4.68 Å². The lowest BCUT2D eigenvalue weighted by Crippen LogP contribution is -2.39. The number of aromatic nitrogens is 7. The molecule has 39 heavy (non-hydrogen) atoms. The molecule has 2 N–H and O–H groups in total. The van der Waals surface area contributed by atoms with Gasteiger partial charge in [0.25, 0.3) is 5.91 Å². The molecule has 0 aliphatic heterocycles. The third kappa shape index (κ3) is 6.51. The van der Waals surface area contributed by atoms with Crippen molar-refractivity contribution in [2.75, 3.05) is 5.32 Å². The first-order valence-electron chi connectivity index (χ1n) is 12.1. The molecule has 5 rings (SSSR count). The van der Waals surface area contributed by atoms with Crippen molar-refractivity contribution in [3.63, 3.8) is 0 Å². The number of carbonyl (C=O) groups excluding carboxylic acids is 2. The van der Waals surface area contributed by atoms with Gasteiger partial charge in [-0.1, -0.05) is 47.1 Å². The molecule has 0 aliphatic carbocycles. The number of amides is 2. The number of halogens is 1. The van der Waals surface area contributed by atoms with E-state index in [1.165, 1.54) is 17.9 Å². The molecular formula is C27H24ClN9O2. The molecule has 0 spiro atoms. The molecule has 2 amide bonds. The summed E-state index contributed by atoms with van der Waals surface area (Å²) in [5, 5.41) is 26.4. The molecule has 0 saturated carbocycles. The quantitative estimate of drug-likeness (QED) is 0.291. The Morgan fingerprint density at radius 2 is 1.79 bits per heavy atom. The van der Waals surface area contributed by atoms with Crippen LogP contribution < -0.4 is 10.6 Å². The van der Waals surface area contributed by atoms with Gasteiger partial charge >= 0.3 is 0 Å².